The Morgan fingerprint density at radius 3 is 0.614 bits per heavy atom. The zero-order valence-electron chi connectivity index (χ0n) is 35.8. The summed E-state index contributed by atoms with van der Waals surface area (Å²) in [6, 6.07) is 28.2. The molecule has 0 aromatic heterocycles. The quantitative estimate of drug-likeness (QED) is 0.104. The maximum atomic E-state index is 12.9. The average molecular weight is 777 g/mol. The summed E-state index contributed by atoms with van der Waals surface area (Å²) in [6.45, 7) is 23.0. The van der Waals surface area contributed by atoms with E-state index in [2.05, 4.69) is 0 Å². The minimum Gasteiger partial charge on any atom is -0.493 e. The lowest BCUT2D eigenvalue weighted by atomic mass is 9.86. The fourth-order valence-electron chi connectivity index (χ4n) is 5.74. The molecule has 304 valence electrons. The molecule has 0 fully saturated rings. The molecule has 0 saturated carbocycles. The number of benzene rings is 4. The first-order chi connectivity index (χ1) is 26.4. The second kappa shape index (κ2) is 17.5. The summed E-state index contributed by atoms with van der Waals surface area (Å²) in [5, 5.41) is 0. The smallest absolute Gasteiger partial charge is 0.168 e. The van der Waals surface area contributed by atoms with Crippen molar-refractivity contribution in [3.8, 4) is 23.0 Å². The predicted octanol–water partition coefficient (Wildman–Crippen LogP) is 11.2. The number of Topliss-reactive ketones (excluding diaryl/α,β-unsaturated/α-hetero) is 4. The normalized spacial score (nSPS) is 12.4. The molecule has 0 spiro atoms. The SMILES string of the molecule is CC(C)(C)C(=O)c1ccc(OCC(COc2ccc(C(=O)C(C)(C)C)cc2)(COc2ccc(C(=O)C(C)(C)C)cc2)COc2ccc(C(=O)C(C)(C)C)cc2)cc1. The zero-order valence-corrected chi connectivity index (χ0v) is 35.8. The Labute approximate surface area is 339 Å². The summed E-state index contributed by atoms with van der Waals surface area (Å²) in [5.41, 5.74) is -0.706. The van der Waals surface area contributed by atoms with Crippen molar-refractivity contribution in [2.75, 3.05) is 26.4 Å². The summed E-state index contributed by atoms with van der Waals surface area (Å²) in [6.07, 6.45) is 0. The number of hydrogen-bond donors (Lipinski definition) is 0. The van der Waals surface area contributed by atoms with Gasteiger partial charge >= 0.3 is 0 Å². The molecule has 0 amide bonds. The fourth-order valence-corrected chi connectivity index (χ4v) is 5.74. The van der Waals surface area contributed by atoms with Crippen molar-refractivity contribution in [3.05, 3.63) is 119 Å². The van der Waals surface area contributed by atoms with E-state index in [9.17, 15) is 19.2 Å². The van der Waals surface area contributed by atoms with E-state index in [1.807, 2.05) is 83.1 Å². The highest BCUT2D eigenvalue weighted by molar-refractivity contribution is 6.01. The Morgan fingerprint density at radius 1 is 0.316 bits per heavy atom. The fraction of sp³-hybridized carbons (Fsp3) is 0.429. The van der Waals surface area contributed by atoms with Crippen molar-refractivity contribution in [2.24, 2.45) is 27.1 Å². The number of rotatable bonds is 16. The molecule has 0 aliphatic heterocycles. The second-order valence-electron chi connectivity index (χ2n) is 19.1. The molecule has 0 atom stereocenters. The largest absolute Gasteiger partial charge is 0.493 e. The molecule has 4 aromatic rings. The van der Waals surface area contributed by atoms with E-state index in [1.54, 1.807) is 97.1 Å². The van der Waals surface area contributed by atoms with Gasteiger partial charge in [-0.2, -0.15) is 0 Å². The van der Waals surface area contributed by atoms with Crippen molar-refractivity contribution >= 4 is 23.1 Å². The summed E-state index contributed by atoms with van der Waals surface area (Å²) < 4.78 is 25.7. The first-order valence-corrected chi connectivity index (χ1v) is 19.5. The monoisotopic (exact) mass is 776 g/mol. The van der Waals surface area contributed by atoms with Crippen LogP contribution in [0.2, 0.25) is 0 Å². The van der Waals surface area contributed by atoms with E-state index in [-0.39, 0.29) is 49.6 Å². The molecule has 57 heavy (non-hydrogen) atoms. The third-order valence-electron chi connectivity index (χ3n) is 9.37. The lowest BCUT2D eigenvalue weighted by Crippen LogP contribution is -2.45. The summed E-state index contributed by atoms with van der Waals surface area (Å²) in [4.78, 5) is 51.7. The van der Waals surface area contributed by atoms with Crippen LogP contribution in [-0.4, -0.2) is 49.6 Å². The Hall–Kier alpha value is -5.24. The molecule has 0 N–H and O–H groups in total. The van der Waals surface area contributed by atoms with E-state index < -0.39 is 27.1 Å². The minimum atomic E-state index is -0.945. The highest BCUT2D eigenvalue weighted by Crippen LogP contribution is 2.30. The number of carbonyl (C=O) groups excluding carboxylic acids is 4. The highest BCUT2D eigenvalue weighted by atomic mass is 16.5. The van der Waals surface area contributed by atoms with Gasteiger partial charge in [-0.05, 0) is 97.1 Å². The van der Waals surface area contributed by atoms with Gasteiger partial charge in [0.15, 0.2) is 23.1 Å². The van der Waals surface area contributed by atoms with Gasteiger partial charge in [0, 0.05) is 43.9 Å². The van der Waals surface area contributed by atoms with Gasteiger partial charge < -0.3 is 18.9 Å². The lowest BCUT2D eigenvalue weighted by molar-refractivity contribution is -0.00352. The van der Waals surface area contributed by atoms with Gasteiger partial charge in [0.1, 0.15) is 54.8 Å². The topological polar surface area (TPSA) is 105 Å². The molecule has 4 aromatic carbocycles. The van der Waals surface area contributed by atoms with Gasteiger partial charge in [-0.1, -0.05) is 83.1 Å². The van der Waals surface area contributed by atoms with Crippen LogP contribution in [0.25, 0.3) is 0 Å². The third-order valence-corrected chi connectivity index (χ3v) is 9.37. The summed E-state index contributed by atoms with van der Waals surface area (Å²) in [5.74, 6) is 2.29. The predicted molar refractivity (Wildman–Crippen MR) is 225 cm³/mol. The van der Waals surface area contributed by atoms with Crippen LogP contribution in [-0.2, 0) is 0 Å². The molecule has 0 saturated heterocycles. The number of carbonyl (C=O) groups is 4. The van der Waals surface area contributed by atoms with Gasteiger partial charge in [-0.25, -0.2) is 0 Å². The first kappa shape index (κ1) is 44.5. The molecule has 0 unspecified atom stereocenters. The second-order valence-corrected chi connectivity index (χ2v) is 19.1. The Bertz CT molecular complexity index is 1700. The molecule has 8 heteroatoms. The van der Waals surface area contributed by atoms with Crippen molar-refractivity contribution in [1.82, 2.24) is 0 Å². The van der Waals surface area contributed by atoms with Crippen LogP contribution in [0.4, 0.5) is 0 Å². The highest BCUT2D eigenvalue weighted by Gasteiger charge is 2.36. The molecule has 0 aliphatic carbocycles. The van der Waals surface area contributed by atoms with E-state index in [4.69, 9.17) is 18.9 Å². The molecule has 8 nitrogen and oxygen atoms in total. The van der Waals surface area contributed by atoms with Crippen LogP contribution < -0.4 is 18.9 Å². The first-order valence-electron chi connectivity index (χ1n) is 19.5. The van der Waals surface area contributed by atoms with Crippen molar-refractivity contribution in [3.63, 3.8) is 0 Å². The average Bonchev–Trinajstić information content (AvgIpc) is 3.15. The Morgan fingerprint density at radius 2 is 0.474 bits per heavy atom. The number of hydrogen-bond acceptors (Lipinski definition) is 8. The van der Waals surface area contributed by atoms with Crippen molar-refractivity contribution in [1.29, 1.82) is 0 Å². The maximum absolute atomic E-state index is 12.9. The Balaban J connectivity index is 1.68. The molecule has 0 heterocycles. The van der Waals surface area contributed by atoms with E-state index >= 15 is 0 Å². The summed E-state index contributed by atoms with van der Waals surface area (Å²) >= 11 is 0. The van der Waals surface area contributed by atoms with Crippen molar-refractivity contribution in [2.45, 2.75) is 83.1 Å². The van der Waals surface area contributed by atoms with E-state index in [1.165, 1.54) is 0 Å². The molecular formula is C49H60O8. The van der Waals surface area contributed by atoms with Gasteiger partial charge in [0.2, 0.25) is 0 Å². The lowest BCUT2D eigenvalue weighted by Gasteiger charge is -2.33. The molecule has 0 aliphatic rings. The Kier molecular flexibility index (Phi) is 13.7. The number of ether oxygens (including phenoxy) is 4. The van der Waals surface area contributed by atoms with Gasteiger partial charge in [-0.3, -0.25) is 19.2 Å². The maximum Gasteiger partial charge on any atom is 0.168 e. The molecule has 4 rings (SSSR count). The summed E-state index contributed by atoms with van der Waals surface area (Å²) in [7, 11) is 0. The zero-order chi connectivity index (χ0) is 42.4. The van der Waals surface area contributed by atoms with E-state index in [0.29, 0.717) is 45.3 Å². The van der Waals surface area contributed by atoms with Crippen LogP contribution in [0.15, 0.2) is 97.1 Å². The van der Waals surface area contributed by atoms with Crippen molar-refractivity contribution < 1.29 is 38.1 Å². The van der Waals surface area contributed by atoms with Crippen LogP contribution in [0.3, 0.4) is 0 Å². The molecular weight excluding hydrogens is 717 g/mol. The molecule has 0 radical (unpaired) electrons. The van der Waals surface area contributed by atoms with Gasteiger partial charge in [0.05, 0.1) is 0 Å². The van der Waals surface area contributed by atoms with Crippen LogP contribution in [0.1, 0.15) is 125 Å². The van der Waals surface area contributed by atoms with Crippen LogP contribution >= 0.6 is 0 Å². The number of ketones is 4. The molecule has 0 bridgehead atoms. The van der Waals surface area contributed by atoms with Crippen LogP contribution in [0.5, 0.6) is 23.0 Å². The van der Waals surface area contributed by atoms with Crippen LogP contribution in [0, 0.1) is 27.1 Å². The van der Waals surface area contributed by atoms with E-state index in [0.717, 1.165) is 0 Å². The minimum absolute atomic E-state index is 0.0271. The third kappa shape index (κ3) is 12.4. The van der Waals surface area contributed by atoms with Gasteiger partial charge in [-0.15, -0.1) is 0 Å². The standard InChI is InChI=1S/C49H60O8/c1-45(2,3)41(50)33-13-21-37(22-14-33)54-29-49(30-55-38-23-15-34(16-24-38)42(51)46(4,5)6,31-56-39-25-17-35(18-26-39)43(52)47(7,8)9)32-57-40-27-19-36(20-28-40)44(53)48(10,11)12/h13-28H,29-32H2,1-12H3. The van der Waals surface area contributed by atoms with Gasteiger partial charge in [0.25, 0.3) is 0 Å².